The summed E-state index contributed by atoms with van der Waals surface area (Å²) < 4.78 is 0. The van der Waals surface area contributed by atoms with Crippen molar-refractivity contribution in [3.63, 3.8) is 0 Å². The van der Waals surface area contributed by atoms with E-state index in [9.17, 15) is 9.59 Å². The number of amides is 2. The van der Waals surface area contributed by atoms with Gasteiger partial charge in [0, 0.05) is 31.7 Å². The fourth-order valence-corrected chi connectivity index (χ4v) is 4.22. The summed E-state index contributed by atoms with van der Waals surface area (Å²) in [6.07, 6.45) is 3.66. The Morgan fingerprint density at radius 3 is 2.92 bits per heavy atom. The molecule has 2 aliphatic rings. The van der Waals surface area contributed by atoms with Crippen molar-refractivity contribution in [3.05, 3.63) is 23.8 Å². The third kappa shape index (κ3) is 2.67. The highest BCUT2D eigenvalue weighted by Crippen LogP contribution is 2.40. The number of carbonyl (C=O) groups excluding carboxylic acids is 2. The van der Waals surface area contributed by atoms with Gasteiger partial charge in [0.05, 0.1) is 5.41 Å². The zero-order valence-electron chi connectivity index (χ0n) is 14.5. The van der Waals surface area contributed by atoms with Crippen LogP contribution in [0.4, 0.5) is 0 Å². The summed E-state index contributed by atoms with van der Waals surface area (Å²) >= 11 is 0. The van der Waals surface area contributed by atoms with E-state index in [1.54, 1.807) is 18.2 Å². The summed E-state index contributed by atoms with van der Waals surface area (Å²) in [4.78, 5) is 29.7. The van der Waals surface area contributed by atoms with Crippen molar-refractivity contribution >= 4 is 22.8 Å². The highest BCUT2D eigenvalue weighted by molar-refractivity contribution is 5.98. The standard InChI is InChI=1S/C18H23N5O2/c1-2-8-22-9-3-6-18(17(22)25)7-10-23(12-18)16(24)13-4-5-14-15(11-13)20-21-19-14/h4-5,11H,2-3,6-10,12H2,1H3,(H,19,20,21)/t18-/m1/s1. The molecule has 0 bridgehead atoms. The molecule has 4 rings (SSSR count). The molecule has 1 aromatic carbocycles. The molecule has 7 nitrogen and oxygen atoms in total. The second-order valence-corrected chi connectivity index (χ2v) is 7.18. The predicted molar refractivity (Wildman–Crippen MR) is 92.9 cm³/mol. The van der Waals surface area contributed by atoms with Crippen LogP contribution in [0.15, 0.2) is 18.2 Å². The van der Waals surface area contributed by atoms with Crippen molar-refractivity contribution in [1.82, 2.24) is 25.2 Å². The quantitative estimate of drug-likeness (QED) is 0.923. The van der Waals surface area contributed by atoms with E-state index in [1.807, 2.05) is 9.80 Å². The molecule has 2 fully saturated rings. The monoisotopic (exact) mass is 341 g/mol. The lowest BCUT2D eigenvalue weighted by atomic mass is 9.78. The van der Waals surface area contributed by atoms with E-state index >= 15 is 0 Å². The molecule has 2 saturated heterocycles. The highest BCUT2D eigenvalue weighted by atomic mass is 16.2. The van der Waals surface area contributed by atoms with Gasteiger partial charge in [0.15, 0.2) is 0 Å². The van der Waals surface area contributed by atoms with Gasteiger partial charge in [-0.3, -0.25) is 9.59 Å². The number of nitrogens with zero attached hydrogens (tertiary/aromatic N) is 4. The third-order valence-electron chi connectivity index (χ3n) is 5.52. The first-order valence-electron chi connectivity index (χ1n) is 9.02. The molecule has 0 aliphatic carbocycles. The molecule has 2 amide bonds. The van der Waals surface area contributed by atoms with Crippen LogP contribution >= 0.6 is 0 Å². The van der Waals surface area contributed by atoms with Gasteiger partial charge in [-0.25, -0.2) is 0 Å². The van der Waals surface area contributed by atoms with Crippen molar-refractivity contribution in [2.45, 2.75) is 32.6 Å². The van der Waals surface area contributed by atoms with E-state index in [1.165, 1.54) is 0 Å². The van der Waals surface area contributed by atoms with Gasteiger partial charge in [0.1, 0.15) is 11.0 Å². The number of hydrogen-bond acceptors (Lipinski definition) is 4. The summed E-state index contributed by atoms with van der Waals surface area (Å²) in [6, 6.07) is 5.34. The summed E-state index contributed by atoms with van der Waals surface area (Å²) in [5.41, 5.74) is 1.66. The Morgan fingerprint density at radius 2 is 2.08 bits per heavy atom. The average Bonchev–Trinajstić information content (AvgIpc) is 3.26. The summed E-state index contributed by atoms with van der Waals surface area (Å²) in [5, 5.41) is 10.6. The Balaban J connectivity index is 1.53. The van der Waals surface area contributed by atoms with Gasteiger partial charge in [0.25, 0.3) is 5.91 Å². The van der Waals surface area contributed by atoms with Crippen LogP contribution in [0.5, 0.6) is 0 Å². The molecular weight excluding hydrogens is 318 g/mol. The lowest BCUT2D eigenvalue weighted by Gasteiger charge is -2.39. The minimum atomic E-state index is -0.374. The first-order chi connectivity index (χ1) is 12.1. The molecular formula is C18H23N5O2. The molecule has 0 unspecified atom stereocenters. The van der Waals surface area contributed by atoms with Gasteiger partial charge in [-0.05, 0) is 43.9 Å². The van der Waals surface area contributed by atoms with Crippen molar-refractivity contribution in [2.24, 2.45) is 5.41 Å². The van der Waals surface area contributed by atoms with E-state index in [4.69, 9.17) is 0 Å². The number of H-pyrrole nitrogens is 1. The molecule has 0 saturated carbocycles. The van der Waals surface area contributed by atoms with Crippen LogP contribution < -0.4 is 0 Å². The van der Waals surface area contributed by atoms with Crippen LogP contribution in [-0.4, -0.2) is 63.2 Å². The maximum Gasteiger partial charge on any atom is 0.253 e. The highest BCUT2D eigenvalue weighted by Gasteiger charge is 2.49. The zero-order chi connectivity index (χ0) is 17.4. The maximum absolute atomic E-state index is 12.9. The van der Waals surface area contributed by atoms with Crippen LogP contribution in [0.1, 0.15) is 43.0 Å². The molecule has 1 spiro atoms. The Labute approximate surface area is 146 Å². The van der Waals surface area contributed by atoms with E-state index < -0.39 is 0 Å². The van der Waals surface area contributed by atoms with Crippen LogP contribution in [0.3, 0.4) is 0 Å². The second kappa shape index (κ2) is 6.13. The molecule has 1 N–H and O–H groups in total. The van der Waals surface area contributed by atoms with E-state index in [0.29, 0.717) is 24.2 Å². The molecule has 2 aliphatic heterocycles. The number of rotatable bonds is 3. The number of aromatic nitrogens is 3. The second-order valence-electron chi connectivity index (χ2n) is 7.18. The molecule has 7 heteroatoms. The predicted octanol–water partition coefficient (Wildman–Crippen LogP) is 1.82. The van der Waals surface area contributed by atoms with Crippen molar-refractivity contribution < 1.29 is 9.59 Å². The first kappa shape index (κ1) is 16.1. The van der Waals surface area contributed by atoms with Crippen molar-refractivity contribution in [3.8, 4) is 0 Å². The van der Waals surface area contributed by atoms with Crippen molar-refractivity contribution in [2.75, 3.05) is 26.2 Å². The largest absolute Gasteiger partial charge is 0.342 e. The number of nitrogens with one attached hydrogen (secondary N) is 1. The van der Waals surface area contributed by atoms with Crippen LogP contribution in [0, 0.1) is 5.41 Å². The van der Waals surface area contributed by atoms with Crippen molar-refractivity contribution in [1.29, 1.82) is 0 Å². The van der Waals surface area contributed by atoms with E-state index in [-0.39, 0.29) is 17.2 Å². The molecule has 25 heavy (non-hydrogen) atoms. The SMILES string of the molecule is CCCN1CCC[C@]2(CCN(C(=O)c3ccc4n[nH]nc4c3)C2)C1=O. The number of aromatic amines is 1. The molecule has 132 valence electrons. The minimum absolute atomic E-state index is 0.0258. The smallest absolute Gasteiger partial charge is 0.253 e. The lowest BCUT2D eigenvalue weighted by Crippen LogP contribution is -2.50. The van der Waals surface area contributed by atoms with Crippen LogP contribution in [-0.2, 0) is 4.79 Å². The van der Waals surface area contributed by atoms with Crippen LogP contribution in [0.2, 0.25) is 0 Å². The molecule has 1 aromatic heterocycles. The average molecular weight is 341 g/mol. The van der Waals surface area contributed by atoms with Gasteiger partial charge in [-0.1, -0.05) is 6.92 Å². The number of fused-ring (bicyclic) bond motifs is 1. The third-order valence-corrected chi connectivity index (χ3v) is 5.52. The maximum atomic E-state index is 12.9. The molecule has 0 radical (unpaired) electrons. The molecule has 1 atom stereocenters. The number of likely N-dealkylation sites (tertiary alicyclic amines) is 2. The first-order valence-corrected chi connectivity index (χ1v) is 9.02. The van der Waals surface area contributed by atoms with Gasteiger partial charge in [0.2, 0.25) is 5.91 Å². The topological polar surface area (TPSA) is 82.2 Å². The fourth-order valence-electron chi connectivity index (χ4n) is 4.22. The number of piperidine rings is 1. The number of hydrogen-bond donors (Lipinski definition) is 1. The summed E-state index contributed by atoms with van der Waals surface area (Å²) in [6.45, 7) is 4.94. The van der Waals surface area contributed by atoms with E-state index in [0.717, 1.165) is 44.3 Å². The minimum Gasteiger partial charge on any atom is -0.342 e. The van der Waals surface area contributed by atoms with E-state index in [2.05, 4.69) is 22.3 Å². The summed E-state index contributed by atoms with van der Waals surface area (Å²) in [7, 11) is 0. The number of benzene rings is 1. The Hall–Kier alpha value is -2.44. The lowest BCUT2D eigenvalue weighted by molar-refractivity contribution is -0.145. The Kier molecular flexibility index (Phi) is 3.94. The summed E-state index contributed by atoms with van der Waals surface area (Å²) in [5.74, 6) is 0.213. The molecule has 2 aromatic rings. The fraction of sp³-hybridized carbons (Fsp3) is 0.556. The van der Waals surface area contributed by atoms with Gasteiger partial charge >= 0.3 is 0 Å². The zero-order valence-corrected chi connectivity index (χ0v) is 14.5. The van der Waals surface area contributed by atoms with Gasteiger partial charge in [-0.2, -0.15) is 15.4 Å². The Morgan fingerprint density at radius 1 is 1.24 bits per heavy atom. The Bertz CT molecular complexity index is 815. The number of carbonyl (C=O) groups is 2. The van der Waals surface area contributed by atoms with Crippen LogP contribution in [0.25, 0.3) is 11.0 Å². The normalized spacial score (nSPS) is 23.8. The van der Waals surface area contributed by atoms with Gasteiger partial charge < -0.3 is 9.80 Å². The molecule has 3 heterocycles. The van der Waals surface area contributed by atoms with Gasteiger partial charge in [-0.15, -0.1) is 0 Å².